The van der Waals surface area contributed by atoms with Crippen molar-refractivity contribution in [1.82, 2.24) is 14.5 Å². The summed E-state index contributed by atoms with van der Waals surface area (Å²) in [6, 6.07) is 0. The molecule has 0 saturated carbocycles. The number of nitrogens with zero attached hydrogens (tertiary/aromatic N) is 3. The summed E-state index contributed by atoms with van der Waals surface area (Å²) in [5.74, 6) is -0.375. The molecule has 120 valence electrons. The highest BCUT2D eigenvalue weighted by molar-refractivity contribution is 5.88. The minimum absolute atomic E-state index is 0.103. The van der Waals surface area contributed by atoms with Crippen molar-refractivity contribution in [2.75, 3.05) is 19.0 Å². The fourth-order valence-corrected chi connectivity index (χ4v) is 2.77. The molecule has 3 heterocycles. The predicted octanol–water partition coefficient (Wildman–Crippen LogP) is 0.591. The third-order valence-corrected chi connectivity index (χ3v) is 3.95. The lowest BCUT2D eigenvalue weighted by Crippen LogP contribution is -2.40. The largest absolute Gasteiger partial charge is 0.394 e. The Morgan fingerprint density at radius 1 is 1.50 bits per heavy atom. The van der Waals surface area contributed by atoms with Crippen LogP contribution in [0.3, 0.4) is 0 Å². The molecule has 2 aromatic rings. The third kappa shape index (κ3) is 1.97. The summed E-state index contributed by atoms with van der Waals surface area (Å²) in [5, 5.41) is 21.9. The van der Waals surface area contributed by atoms with Crippen LogP contribution in [0.1, 0.15) is 13.2 Å². The number of hydrogen-bond donors (Lipinski definition) is 3. The molecule has 0 bridgehead atoms. The Hall–Kier alpha value is -1.84. The number of fused-ring (bicyclic) bond motifs is 1. The zero-order chi connectivity index (χ0) is 16.1. The van der Waals surface area contributed by atoms with Crippen LogP contribution in [-0.2, 0) is 4.74 Å². The van der Waals surface area contributed by atoms with Crippen molar-refractivity contribution in [3.8, 4) is 0 Å². The van der Waals surface area contributed by atoms with Gasteiger partial charge in [0.2, 0.25) is 0 Å². The molecule has 4 atom stereocenters. The molecule has 0 radical (unpaired) electrons. The van der Waals surface area contributed by atoms with Crippen LogP contribution in [0, 0.1) is 5.82 Å². The molecule has 22 heavy (non-hydrogen) atoms. The Morgan fingerprint density at radius 3 is 2.82 bits per heavy atom. The summed E-state index contributed by atoms with van der Waals surface area (Å²) in [7, 11) is 1.58. The van der Waals surface area contributed by atoms with Gasteiger partial charge in [-0.3, -0.25) is 4.57 Å². The van der Waals surface area contributed by atoms with Gasteiger partial charge < -0.3 is 20.3 Å². The van der Waals surface area contributed by atoms with Crippen LogP contribution in [0.2, 0.25) is 0 Å². The molecule has 7 nitrogen and oxygen atoms in total. The van der Waals surface area contributed by atoms with Crippen molar-refractivity contribution in [3.05, 3.63) is 18.3 Å². The first-order valence-corrected chi connectivity index (χ1v) is 6.74. The molecule has 1 saturated heterocycles. The zero-order valence-electron chi connectivity index (χ0n) is 12.0. The quantitative estimate of drug-likeness (QED) is 0.768. The molecule has 1 aliphatic rings. The lowest BCUT2D eigenvalue weighted by atomic mass is 9.98. The number of aliphatic hydroxyl groups is 2. The Kier molecular flexibility index (Phi) is 3.50. The second-order valence-electron chi connectivity index (χ2n) is 5.36. The summed E-state index contributed by atoms with van der Waals surface area (Å²) in [6.45, 7) is 0.595. The molecule has 0 aromatic carbocycles. The van der Waals surface area contributed by atoms with Gasteiger partial charge in [-0.05, 0) is 6.92 Å². The van der Waals surface area contributed by atoms with Crippen LogP contribution >= 0.6 is 0 Å². The van der Waals surface area contributed by atoms with Crippen molar-refractivity contribution >= 4 is 16.9 Å². The normalized spacial score (nSPS) is 31.8. The van der Waals surface area contributed by atoms with E-state index in [4.69, 9.17) is 9.84 Å². The molecule has 9 heteroatoms. The molecule has 0 aliphatic carbocycles. The van der Waals surface area contributed by atoms with E-state index < -0.39 is 36.5 Å². The number of aromatic nitrogens is 3. The van der Waals surface area contributed by atoms with Gasteiger partial charge in [-0.25, -0.2) is 18.7 Å². The van der Waals surface area contributed by atoms with Gasteiger partial charge in [0.25, 0.3) is 0 Å². The number of aliphatic hydroxyl groups excluding tert-OH is 2. The molecule has 1 aliphatic heterocycles. The second kappa shape index (κ2) is 5.11. The molecule has 0 amide bonds. The van der Waals surface area contributed by atoms with Crippen LogP contribution in [-0.4, -0.2) is 56.3 Å². The molecule has 3 N–H and O–H groups in total. The number of alkyl halides is 1. The Labute approximate surface area is 124 Å². The van der Waals surface area contributed by atoms with Gasteiger partial charge in [-0.1, -0.05) is 0 Å². The number of hydrogen-bond acceptors (Lipinski definition) is 6. The summed E-state index contributed by atoms with van der Waals surface area (Å²) >= 11 is 0. The van der Waals surface area contributed by atoms with Crippen LogP contribution in [0.4, 0.5) is 14.6 Å². The zero-order valence-corrected chi connectivity index (χ0v) is 12.0. The fourth-order valence-electron chi connectivity index (χ4n) is 2.77. The molecule has 0 spiro atoms. The molecule has 2 aromatic heterocycles. The molecule has 0 unspecified atom stereocenters. The fraction of sp³-hybridized carbons (Fsp3) is 0.538. The SMILES string of the molecule is CNc1ncnc2c1c(F)cn2[C@H]1O[C@H](CO)[C@@H](O)[C@@]1(C)F. The average Bonchev–Trinajstić information content (AvgIpc) is 2.95. The standard InChI is InChI=1S/C13H16F2N4O3/c1-13(15)9(21)7(4-20)22-12(13)19-3-6(14)8-10(16-2)17-5-18-11(8)19/h3,5,7,9,12,20-21H,4H2,1-2H3,(H,16,17,18)/t7-,9-,12+,13-/m1/s1. The lowest BCUT2D eigenvalue weighted by molar-refractivity contribution is -0.0566. The van der Waals surface area contributed by atoms with Crippen molar-refractivity contribution in [1.29, 1.82) is 0 Å². The smallest absolute Gasteiger partial charge is 0.181 e. The van der Waals surface area contributed by atoms with E-state index in [-0.39, 0.29) is 16.9 Å². The number of halogens is 2. The first kappa shape index (κ1) is 15.1. The van der Waals surface area contributed by atoms with E-state index in [0.717, 1.165) is 13.1 Å². The van der Waals surface area contributed by atoms with E-state index in [9.17, 15) is 13.9 Å². The number of ether oxygens (including phenoxy) is 1. The maximum Gasteiger partial charge on any atom is 0.181 e. The number of rotatable bonds is 3. The summed E-state index contributed by atoms with van der Waals surface area (Å²) in [6.07, 6.45) is -1.67. The van der Waals surface area contributed by atoms with Crippen molar-refractivity contribution in [3.63, 3.8) is 0 Å². The van der Waals surface area contributed by atoms with Gasteiger partial charge >= 0.3 is 0 Å². The van der Waals surface area contributed by atoms with Crippen LogP contribution in [0.15, 0.2) is 12.5 Å². The van der Waals surface area contributed by atoms with E-state index >= 15 is 0 Å². The van der Waals surface area contributed by atoms with Gasteiger partial charge in [-0.2, -0.15) is 0 Å². The third-order valence-electron chi connectivity index (χ3n) is 3.95. The first-order valence-electron chi connectivity index (χ1n) is 6.74. The minimum Gasteiger partial charge on any atom is -0.394 e. The highest BCUT2D eigenvalue weighted by atomic mass is 19.1. The van der Waals surface area contributed by atoms with E-state index in [0.29, 0.717) is 0 Å². The number of anilines is 1. The van der Waals surface area contributed by atoms with Gasteiger partial charge in [0, 0.05) is 13.2 Å². The molecular formula is C13H16F2N4O3. The van der Waals surface area contributed by atoms with Gasteiger partial charge in [0.15, 0.2) is 23.4 Å². The first-order chi connectivity index (χ1) is 10.4. The van der Waals surface area contributed by atoms with Crippen molar-refractivity contribution < 1.29 is 23.7 Å². The molecule has 3 rings (SSSR count). The monoisotopic (exact) mass is 314 g/mol. The van der Waals surface area contributed by atoms with Crippen molar-refractivity contribution in [2.24, 2.45) is 0 Å². The van der Waals surface area contributed by atoms with E-state index in [1.54, 1.807) is 7.05 Å². The summed E-state index contributed by atoms with van der Waals surface area (Å²) in [5.41, 5.74) is -2.08. The maximum absolute atomic E-state index is 14.8. The van der Waals surface area contributed by atoms with Gasteiger partial charge in [-0.15, -0.1) is 0 Å². The Bertz CT molecular complexity index is 706. The topological polar surface area (TPSA) is 92.4 Å². The second-order valence-corrected chi connectivity index (χ2v) is 5.36. The predicted molar refractivity (Wildman–Crippen MR) is 73.5 cm³/mol. The van der Waals surface area contributed by atoms with E-state index in [1.165, 1.54) is 10.9 Å². The van der Waals surface area contributed by atoms with Crippen molar-refractivity contribution in [2.45, 2.75) is 31.0 Å². The summed E-state index contributed by atoms with van der Waals surface area (Å²) in [4.78, 5) is 7.89. The van der Waals surface area contributed by atoms with Crippen LogP contribution in [0.25, 0.3) is 11.0 Å². The summed E-state index contributed by atoms with van der Waals surface area (Å²) < 4.78 is 35.6. The minimum atomic E-state index is -2.21. The van der Waals surface area contributed by atoms with E-state index in [2.05, 4.69) is 15.3 Å². The van der Waals surface area contributed by atoms with E-state index in [1.807, 2.05) is 0 Å². The highest BCUT2D eigenvalue weighted by Crippen LogP contribution is 2.43. The van der Waals surface area contributed by atoms with Crippen LogP contribution in [0.5, 0.6) is 0 Å². The Balaban J connectivity index is 2.15. The lowest BCUT2D eigenvalue weighted by Gasteiger charge is -2.25. The van der Waals surface area contributed by atoms with Gasteiger partial charge in [0.05, 0.1) is 12.0 Å². The maximum atomic E-state index is 14.8. The molecule has 1 fully saturated rings. The average molecular weight is 314 g/mol. The van der Waals surface area contributed by atoms with Crippen LogP contribution < -0.4 is 5.32 Å². The Morgan fingerprint density at radius 2 is 2.23 bits per heavy atom. The van der Waals surface area contributed by atoms with Gasteiger partial charge in [0.1, 0.15) is 24.4 Å². The highest BCUT2D eigenvalue weighted by Gasteiger charge is 2.55. The molecular weight excluding hydrogens is 298 g/mol. The number of nitrogens with one attached hydrogen (secondary N) is 1.